The van der Waals surface area contributed by atoms with Crippen molar-refractivity contribution in [2.24, 2.45) is 0 Å². The maximum atomic E-state index is 12.3. The summed E-state index contributed by atoms with van der Waals surface area (Å²) in [6.07, 6.45) is 1.46. The molecule has 0 spiro atoms. The molecule has 0 saturated carbocycles. The van der Waals surface area contributed by atoms with Crippen molar-refractivity contribution in [3.63, 3.8) is 0 Å². The quantitative estimate of drug-likeness (QED) is 0.654. The number of nitrogens with zero attached hydrogens (tertiary/aromatic N) is 1. The topological polar surface area (TPSA) is 83.8 Å². The van der Waals surface area contributed by atoms with Crippen LogP contribution in [-0.2, 0) is 0 Å². The highest BCUT2D eigenvalue weighted by molar-refractivity contribution is 6.13. The Bertz CT molecular complexity index is 743. The molecule has 0 fully saturated rings. The van der Waals surface area contributed by atoms with Crippen molar-refractivity contribution in [1.82, 2.24) is 10.2 Å². The Morgan fingerprint density at radius 3 is 2.74 bits per heavy atom. The molecule has 5 nitrogen and oxygen atoms in total. The van der Waals surface area contributed by atoms with Crippen LogP contribution in [0.25, 0.3) is 10.8 Å². The molecule has 0 aliphatic carbocycles. The number of nitrogens with two attached hydrogens (primary N) is 1. The van der Waals surface area contributed by atoms with Gasteiger partial charge in [-0.05, 0) is 16.8 Å². The van der Waals surface area contributed by atoms with Crippen molar-refractivity contribution in [3.8, 4) is 0 Å². The van der Waals surface area contributed by atoms with E-state index in [0.717, 1.165) is 10.8 Å². The molecule has 3 rings (SSSR count). The number of carbonyl (C=O) groups excluding carboxylic acids is 1. The largest absolute Gasteiger partial charge is 0.394 e. The van der Waals surface area contributed by atoms with E-state index in [4.69, 9.17) is 5.73 Å². The number of fused-ring (bicyclic) bond motifs is 1. The molecule has 5 heteroatoms. The number of hydrogen-bond donors (Lipinski definition) is 3. The first-order valence-corrected chi connectivity index (χ1v) is 5.83. The second-order valence-corrected chi connectivity index (χ2v) is 4.18. The van der Waals surface area contributed by atoms with Gasteiger partial charge in [0, 0.05) is 5.56 Å². The van der Waals surface area contributed by atoms with Gasteiger partial charge < -0.3 is 11.1 Å². The fourth-order valence-electron chi connectivity index (χ4n) is 2.00. The van der Waals surface area contributed by atoms with E-state index in [-0.39, 0.29) is 5.91 Å². The van der Waals surface area contributed by atoms with Gasteiger partial charge in [-0.3, -0.25) is 9.89 Å². The zero-order valence-electron chi connectivity index (χ0n) is 10.1. The Morgan fingerprint density at radius 1 is 1.16 bits per heavy atom. The lowest BCUT2D eigenvalue weighted by molar-refractivity contribution is 0.102. The lowest BCUT2D eigenvalue weighted by atomic mass is 10.0. The van der Waals surface area contributed by atoms with Crippen LogP contribution in [0.2, 0.25) is 0 Å². The van der Waals surface area contributed by atoms with Crippen molar-refractivity contribution in [2.75, 3.05) is 11.1 Å². The Morgan fingerprint density at radius 2 is 1.95 bits per heavy atom. The monoisotopic (exact) mass is 252 g/mol. The molecule has 0 radical (unpaired) electrons. The lowest BCUT2D eigenvalue weighted by Gasteiger charge is -2.07. The van der Waals surface area contributed by atoms with Crippen LogP contribution in [-0.4, -0.2) is 16.1 Å². The minimum absolute atomic E-state index is 0.215. The molecular weight excluding hydrogens is 240 g/mol. The van der Waals surface area contributed by atoms with Crippen molar-refractivity contribution in [1.29, 1.82) is 0 Å². The van der Waals surface area contributed by atoms with E-state index in [1.54, 1.807) is 6.07 Å². The summed E-state index contributed by atoms with van der Waals surface area (Å²) in [4.78, 5) is 12.3. The second kappa shape index (κ2) is 4.45. The maximum Gasteiger partial charge on any atom is 0.257 e. The Labute approximate surface area is 109 Å². The van der Waals surface area contributed by atoms with Gasteiger partial charge in [0.15, 0.2) is 5.82 Å². The normalized spacial score (nSPS) is 10.5. The number of aromatic amines is 1. The first kappa shape index (κ1) is 11.3. The van der Waals surface area contributed by atoms with Gasteiger partial charge in [0.25, 0.3) is 5.91 Å². The van der Waals surface area contributed by atoms with Gasteiger partial charge in [-0.25, -0.2) is 0 Å². The molecule has 3 aromatic rings. The summed E-state index contributed by atoms with van der Waals surface area (Å²) in [5.41, 5.74) is 6.69. The zero-order valence-corrected chi connectivity index (χ0v) is 10.1. The molecule has 0 unspecified atom stereocenters. The van der Waals surface area contributed by atoms with E-state index in [0.29, 0.717) is 17.1 Å². The number of amides is 1. The van der Waals surface area contributed by atoms with E-state index >= 15 is 0 Å². The van der Waals surface area contributed by atoms with Crippen LogP contribution in [0.1, 0.15) is 10.4 Å². The predicted octanol–water partition coefficient (Wildman–Crippen LogP) is 2.40. The van der Waals surface area contributed by atoms with Crippen LogP contribution in [0.3, 0.4) is 0 Å². The third kappa shape index (κ3) is 2.01. The van der Waals surface area contributed by atoms with E-state index in [9.17, 15) is 4.79 Å². The van der Waals surface area contributed by atoms with Gasteiger partial charge in [-0.2, -0.15) is 5.10 Å². The van der Waals surface area contributed by atoms with Crippen LogP contribution in [0.15, 0.2) is 48.7 Å². The molecule has 1 heterocycles. The van der Waals surface area contributed by atoms with Crippen LogP contribution in [0.4, 0.5) is 11.5 Å². The van der Waals surface area contributed by atoms with Crippen molar-refractivity contribution in [2.45, 2.75) is 0 Å². The number of carbonyl (C=O) groups is 1. The number of anilines is 2. The average Bonchev–Trinajstić information content (AvgIpc) is 2.83. The predicted molar refractivity (Wildman–Crippen MR) is 74.9 cm³/mol. The van der Waals surface area contributed by atoms with Gasteiger partial charge in [0.2, 0.25) is 0 Å². The second-order valence-electron chi connectivity index (χ2n) is 4.18. The van der Waals surface area contributed by atoms with Crippen molar-refractivity contribution < 1.29 is 4.79 Å². The molecule has 0 saturated heterocycles. The van der Waals surface area contributed by atoms with E-state index < -0.39 is 0 Å². The standard InChI is InChI=1S/C14H12N4O/c15-12-8-16-18-13(12)17-14(19)11-7-3-5-9-4-1-2-6-10(9)11/h1-8H,15H2,(H2,16,17,18,19). The summed E-state index contributed by atoms with van der Waals surface area (Å²) < 4.78 is 0. The highest BCUT2D eigenvalue weighted by Gasteiger charge is 2.11. The summed E-state index contributed by atoms with van der Waals surface area (Å²) >= 11 is 0. The van der Waals surface area contributed by atoms with Crippen LogP contribution < -0.4 is 11.1 Å². The third-order valence-corrected chi connectivity index (χ3v) is 2.94. The first-order valence-electron chi connectivity index (χ1n) is 5.83. The number of H-pyrrole nitrogens is 1. The van der Waals surface area contributed by atoms with Crippen LogP contribution in [0.5, 0.6) is 0 Å². The average molecular weight is 252 g/mol. The Hall–Kier alpha value is -2.82. The number of benzene rings is 2. The summed E-state index contributed by atoms with van der Waals surface area (Å²) in [5.74, 6) is 0.200. The van der Waals surface area contributed by atoms with E-state index in [1.165, 1.54) is 6.20 Å². The van der Waals surface area contributed by atoms with E-state index in [2.05, 4.69) is 15.5 Å². The lowest BCUT2D eigenvalue weighted by Crippen LogP contribution is -2.13. The minimum Gasteiger partial charge on any atom is -0.394 e. The fraction of sp³-hybridized carbons (Fsp3) is 0. The fourth-order valence-corrected chi connectivity index (χ4v) is 2.00. The molecule has 0 bridgehead atoms. The molecule has 0 aliphatic rings. The molecule has 19 heavy (non-hydrogen) atoms. The van der Waals surface area contributed by atoms with Gasteiger partial charge in [-0.1, -0.05) is 36.4 Å². The van der Waals surface area contributed by atoms with Gasteiger partial charge in [-0.15, -0.1) is 0 Å². The van der Waals surface area contributed by atoms with Crippen molar-refractivity contribution in [3.05, 3.63) is 54.2 Å². The van der Waals surface area contributed by atoms with Gasteiger partial charge >= 0.3 is 0 Å². The molecular formula is C14H12N4O. The molecule has 94 valence electrons. The van der Waals surface area contributed by atoms with Gasteiger partial charge in [0.05, 0.1) is 11.9 Å². The third-order valence-electron chi connectivity index (χ3n) is 2.94. The molecule has 2 aromatic carbocycles. The Balaban J connectivity index is 2.00. The molecule has 1 aromatic heterocycles. The maximum absolute atomic E-state index is 12.3. The van der Waals surface area contributed by atoms with Crippen molar-refractivity contribution >= 4 is 28.2 Å². The van der Waals surface area contributed by atoms with Crippen LogP contribution >= 0.6 is 0 Å². The molecule has 4 N–H and O–H groups in total. The number of rotatable bonds is 2. The zero-order chi connectivity index (χ0) is 13.2. The number of aromatic nitrogens is 2. The summed E-state index contributed by atoms with van der Waals surface area (Å²) in [7, 11) is 0. The summed E-state index contributed by atoms with van der Waals surface area (Å²) in [5, 5.41) is 11.1. The minimum atomic E-state index is -0.215. The number of nitrogens with one attached hydrogen (secondary N) is 2. The summed E-state index contributed by atoms with van der Waals surface area (Å²) in [6, 6.07) is 13.3. The highest BCUT2D eigenvalue weighted by atomic mass is 16.1. The van der Waals surface area contributed by atoms with Crippen LogP contribution in [0, 0.1) is 0 Å². The molecule has 0 aliphatic heterocycles. The summed E-state index contributed by atoms with van der Waals surface area (Å²) in [6.45, 7) is 0. The number of nitrogen functional groups attached to an aromatic ring is 1. The SMILES string of the molecule is Nc1cn[nH]c1NC(=O)c1cccc2ccccc12. The number of hydrogen-bond acceptors (Lipinski definition) is 3. The first-order chi connectivity index (χ1) is 9.25. The molecule has 0 atom stereocenters. The molecule has 1 amide bonds. The Kier molecular flexibility index (Phi) is 2.64. The highest BCUT2D eigenvalue weighted by Crippen LogP contribution is 2.20. The van der Waals surface area contributed by atoms with E-state index in [1.807, 2.05) is 36.4 Å². The smallest absolute Gasteiger partial charge is 0.257 e. The van der Waals surface area contributed by atoms with Gasteiger partial charge in [0.1, 0.15) is 0 Å².